The van der Waals surface area contributed by atoms with Crippen molar-refractivity contribution < 1.29 is 14.8 Å². The van der Waals surface area contributed by atoms with Crippen LogP contribution in [0.4, 0.5) is 5.69 Å². The first-order chi connectivity index (χ1) is 9.90. The van der Waals surface area contributed by atoms with Gasteiger partial charge in [0.1, 0.15) is 10.0 Å². The van der Waals surface area contributed by atoms with E-state index < -0.39 is 16.3 Å². The van der Waals surface area contributed by atoms with Crippen molar-refractivity contribution in [2.45, 2.75) is 6.54 Å². The number of nitro groups is 1. The van der Waals surface area contributed by atoms with Crippen LogP contribution in [0.2, 0.25) is 0 Å². The van der Waals surface area contributed by atoms with Gasteiger partial charge in [-0.2, -0.15) is 0 Å². The molecule has 1 aromatic heterocycles. The van der Waals surface area contributed by atoms with E-state index in [9.17, 15) is 19.7 Å². The minimum atomic E-state index is -1.31. The fraction of sp³-hybridized carbons (Fsp3) is 0.0769. The van der Waals surface area contributed by atoms with E-state index in [1.54, 1.807) is 12.1 Å². The van der Waals surface area contributed by atoms with Gasteiger partial charge in [0, 0.05) is 31.1 Å². The Kier molecular flexibility index (Phi) is 4.18. The molecule has 2 rings (SSSR count). The average molecular weight is 353 g/mol. The second-order valence-electron chi connectivity index (χ2n) is 4.21. The third-order valence-corrected chi connectivity index (χ3v) is 3.73. The largest absolute Gasteiger partial charge is 0.477 e. The van der Waals surface area contributed by atoms with Crippen molar-refractivity contribution in [2.75, 3.05) is 0 Å². The fourth-order valence-corrected chi connectivity index (χ4v) is 2.35. The van der Waals surface area contributed by atoms with Gasteiger partial charge in [0.25, 0.3) is 5.69 Å². The van der Waals surface area contributed by atoms with Gasteiger partial charge in [-0.05, 0) is 21.5 Å². The van der Waals surface area contributed by atoms with Gasteiger partial charge in [-0.25, -0.2) is 4.79 Å². The number of carboxylic acids is 1. The smallest absolute Gasteiger partial charge is 0.341 e. The van der Waals surface area contributed by atoms with E-state index in [4.69, 9.17) is 5.11 Å². The van der Waals surface area contributed by atoms with Crippen LogP contribution in [0.15, 0.2) is 45.9 Å². The van der Waals surface area contributed by atoms with Crippen LogP contribution in [0.3, 0.4) is 0 Å². The number of carboxylic acid groups (broad SMARTS) is 1. The third kappa shape index (κ3) is 3.16. The Morgan fingerprint density at radius 2 is 2.10 bits per heavy atom. The average Bonchev–Trinajstić information content (AvgIpc) is 2.42. The molecule has 0 aliphatic carbocycles. The molecule has 21 heavy (non-hydrogen) atoms. The van der Waals surface area contributed by atoms with E-state index in [1.165, 1.54) is 23.0 Å². The fourth-order valence-electron chi connectivity index (χ4n) is 1.81. The second-order valence-corrected chi connectivity index (χ2v) is 5.00. The highest BCUT2D eigenvalue weighted by atomic mass is 79.9. The molecule has 0 atom stereocenters. The molecule has 0 fully saturated rings. The summed E-state index contributed by atoms with van der Waals surface area (Å²) in [6, 6.07) is 5.73. The van der Waals surface area contributed by atoms with Crippen molar-refractivity contribution in [2.24, 2.45) is 0 Å². The van der Waals surface area contributed by atoms with Crippen molar-refractivity contribution in [3.63, 3.8) is 0 Å². The summed E-state index contributed by atoms with van der Waals surface area (Å²) in [5.74, 6) is -1.31. The van der Waals surface area contributed by atoms with Crippen LogP contribution < -0.4 is 5.43 Å². The summed E-state index contributed by atoms with van der Waals surface area (Å²) in [6.45, 7) is 0.197. The minimum absolute atomic E-state index is 0.0768. The van der Waals surface area contributed by atoms with E-state index in [-0.39, 0.29) is 17.8 Å². The van der Waals surface area contributed by atoms with Crippen molar-refractivity contribution in [1.82, 2.24) is 4.57 Å². The Morgan fingerprint density at radius 3 is 2.71 bits per heavy atom. The third-order valence-electron chi connectivity index (χ3n) is 2.82. The van der Waals surface area contributed by atoms with Gasteiger partial charge in [-0.3, -0.25) is 14.9 Å². The number of pyridine rings is 1. The molecule has 0 bridgehead atoms. The zero-order valence-electron chi connectivity index (χ0n) is 10.5. The first-order valence-electron chi connectivity index (χ1n) is 5.75. The molecular weight excluding hydrogens is 344 g/mol. The first kappa shape index (κ1) is 14.9. The van der Waals surface area contributed by atoms with Crippen LogP contribution in [0.5, 0.6) is 0 Å². The molecule has 1 aromatic carbocycles. The normalized spacial score (nSPS) is 10.3. The molecule has 0 spiro atoms. The number of carbonyl (C=O) groups is 1. The van der Waals surface area contributed by atoms with E-state index in [0.29, 0.717) is 10.0 Å². The summed E-state index contributed by atoms with van der Waals surface area (Å²) in [5.41, 5.74) is -0.410. The van der Waals surface area contributed by atoms with Gasteiger partial charge >= 0.3 is 5.97 Å². The molecule has 0 aliphatic heterocycles. The van der Waals surface area contributed by atoms with Crippen LogP contribution in [0.25, 0.3) is 0 Å². The van der Waals surface area contributed by atoms with Gasteiger partial charge < -0.3 is 9.67 Å². The molecule has 1 N–H and O–H groups in total. The summed E-state index contributed by atoms with van der Waals surface area (Å²) in [4.78, 5) is 32.7. The maximum absolute atomic E-state index is 11.4. The highest BCUT2D eigenvalue weighted by Gasteiger charge is 2.15. The number of rotatable bonds is 4. The summed E-state index contributed by atoms with van der Waals surface area (Å²) < 4.78 is 1.81. The molecular formula is C13H9BrN2O5. The van der Waals surface area contributed by atoms with Gasteiger partial charge in [0.05, 0.1) is 4.92 Å². The summed E-state index contributed by atoms with van der Waals surface area (Å²) in [5, 5.41) is 19.8. The topological polar surface area (TPSA) is 102 Å². The maximum Gasteiger partial charge on any atom is 0.341 e. The highest BCUT2D eigenvalue weighted by molar-refractivity contribution is 9.10. The Hall–Kier alpha value is -2.48. The zero-order valence-corrected chi connectivity index (χ0v) is 12.1. The number of nitrogens with zero attached hydrogens (tertiary/aromatic N) is 2. The maximum atomic E-state index is 11.4. The predicted octanol–water partition coefficient (Wildman–Crippen LogP) is 2.27. The van der Waals surface area contributed by atoms with Crippen LogP contribution in [0.1, 0.15) is 15.9 Å². The van der Waals surface area contributed by atoms with Gasteiger partial charge in [-0.1, -0.05) is 12.1 Å². The summed E-state index contributed by atoms with van der Waals surface area (Å²) >= 11 is 3.17. The molecule has 1 heterocycles. The van der Waals surface area contributed by atoms with Gasteiger partial charge in [-0.15, -0.1) is 0 Å². The predicted molar refractivity (Wildman–Crippen MR) is 77.6 cm³/mol. The Morgan fingerprint density at radius 1 is 1.38 bits per heavy atom. The molecule has 0 saturated carbocycles. The Bertz CT molecular complexity index is 784. The van der Waals surface area contributed by atoms with Crippen LogP contribution in [-0.2, 0) is 6.54 Å². The van der Waals surface area contributed by atoms with Crippen molar-refractivity contribution in [3.8, 4) is 0 Å². The SMILES string of the molecule is O=C(O)c1cn(Cc2cccc([N+](=O)[O-])c2Br)ccc1=O. The van der Waals surface area contributed by atoms with Crippen LogP contribution >= 0.6 is 15.9 Å². The second kappa shape index (κ2) is 5.88. The molecule has 8 heteroatoms. The van der Waals surface area contributed by atoms with Gasteiger partial charge in [0.2, 0.25) is 0 Å². The van der Waals surface area contributed by atoms with E-state index in [2.05, 4.69) is 15.9 Å². The monoisotopic (exact) mass is 352 g/mol. The lowest BCUT2D eigenvalue weighted by Crippen LogP contribution is -2.17. The molecule has 2 aromatic rings. The molecule has 0 amide bonds. The molecule has 0 unspecified atom stereocenters. The number of hydrogen-bond donors (Lipinski definition) is 1. The summed E-state index contributed by atoms with van der Waals surface area (Å²) in [7, 11) is 0. The Balaban J connectivity index is 2.41. The minimum Gasteiger partial charge on any atom is -0.477 e. The number of aromatic nitrogens is 1. The van der Waals surface area contributed by atoms with Crippen molar-refractivity contribution in [1.29, 1.82) is 0 Å². The molecule has 7 nitrogen and oxygen atoms in total. The quantitative estimate of drug-likeness (QED) is 0.671. The Labute approximate surface area is 126 Å². The lowest BCUT2D eigenvalue weighted by molar-refractivity contribution is -0.385. The lowest BCUT2D eigenvalue weighted by Gasteiger charge is -2.09. The standard InChI is InChI=1S/C13H9BrN2O5/c14-12-8(2-1-3-10(12)16(20)21)6-15-5-4-11(17)9(7-15)13(18)19/h1-5,7H,6H2,(H,18,19). The van der Waals surface area contributed by atoms with E-state index >= 15 is 0 Å². The van der Waals surface area contributed by atoms with Gasteiger partial charge in [0.15, 0.2) is 5.43 Å². The molecule has 0 radical (unpaired) electrons. The molecule has 0 saturated heterocycles. The van der Waals surface area contributed by atoms with E-state index in [1.807, 2.05) is 0 Å². The zero-order chi connectivity index (χ0) is 15.6. The first-order valence-corrected chi connectivity index (χ1v) is 6.54. The highest BCUT2D eigenvalue weighted by Crippen LogP contribution is 2.28. The number of benzene rings is 1. The van der Waals surface area contributed by atoms with E-state index in [0.717, 1.165) is 6.07 Å². The molecule has 0 aliphatic rings. The van der Waals surface area contributed by atoms with Crippen LogP contribution in [0, 0.1) is 10.1 Å². The van der Waals surface area contributed by atoms with Crippen LogP contribution in [-0.4, -0.2) is 20.6 Å². The number of aromatic carboxylic acids is 1. The summed E-state index contributed by atoms with van der Waals surface area (Å²) in [6.07, 6.45) is 2.63. The van der Waals surface area contributed by atoms with Crippen molar-refractivity contribution in [3.05, 3.63) is 72.6 Å². The number of hydrogen-bond acceptors (Lipinski definition) is 4. The lowest BCUT2D eigenvalue weighted by atomic mass is 10.2. The molecule has 108 valence electrons. The van der Waals surface area contributed by atoms with Crippen molar-refractivity contribution >= 4 is 27.6 Å². The number of halogens is 1. The number of nitro benzene ring substituents is 1.